The lowest BCUT2D eigenvalue weighted by atomic mass is 10.1. The van der Waals surface area contributed by atoms with Crippen molar-refractivity contribution in [1.82, 2.24) is 0 Å². The Balaban J connectivity index is 2.18. The second-order valence-corrected chi connectivity index (χ2v) is 4.76. The Hall–Kier alpha value is -3.22. The average Bonchev–Trinajstić information content (AvgIpc) is 2.49. The summed E-state index contributed by atoms with van der Waals surface area (Å²) < 4.78 is 12.8. The highest BCUT2D eigenvalue weighted by molar-refractivity contribution is 5.98. The monoisotopic (exact) mass is 317 g/mol. The van der Waals surface area contributed by atoms with Crippen LogP contribution in [0.3, 0.4) is 0 Å². The van der Waals surface area contributed by atoms with E-state index in [-0.39, 0.29) is 23.2 Å². The van der Waals surface area contributed by atoms with Crippen LogP contribution in [0, 0.1) is 5.82 Å². The number of carboxylic acid groups (broad SMARTS) is 2. The van der Waals surface area contributed by atoms with E-state index in [1.54, 1.807) is 0 Å². The molecule has 0 aliphatic rings. The molecule has 2 aromatic rings. The van der Waals surface area contributed by atoms with Gasteiger partial charge in [-0.15, -0.1) is 0 Å². The fourth-order valence-corrected chi connectivity index (χ4v) is 1.94. The third-order valence-electron chi connectivity index (χ3n) is 2.99. The number of hydrogen-bond acceptors (Lipinski definition) is 3. The molecule has 0 aliphatic heterocycles. The number of hydrogen-bond donors (Lipinski definition) is 3. The number of aromatic carboxylic acids is 2. The van der Waals surface area contributed by atoms with E-state index < -0.39 is 23.7 Å². The summed E-state index contributed by atoms with van der Waals surface area (Å²) >= 11 is 0. The van der Waals surface area contributed by atoms with Gasteiger partial charge in [-0.1, -0.05) is 12.1 Å². The fourth-order valence-electron chi connectivity index (χ4n) is 1.94. The highest BCUT2D eigenvalue weighted by Gasteiger charge is 2.13. The maximum absolute atomic E-state index is 12.8. The molecular formula is C16H12FNO5. The summed E-state index contributed by atoms with van der Waals surface area (Å²) in [7, 11) is 0. The number of carbonyl (C=O) groups excluding carboxylic acids is 1. The summed E-state index contributed by atoms with van der Waals surface area (Å²) in [6, 6.07) is 8.66. The molecule has 0 fully saturated rings. The van der Waals surface area contributed by atoms with E-state index in [2.05, 4.69) is 5.32 Å². The van der Waals surface area contributed by atoms with Crippen molar-refractivity contribution in [2.45, 2.75) is 6.42 Å². The zero-order valence-corrected chi connectivity index (χ0v) is 11.7. The van der Waals surface area contributed by atoms with Gasteiger partial charge in [-0.05, 0) is 35.9 Å². The molecule has 2 aromatic carbocycles. The minimum atomic E-state index is -1.30. The van der Waals surface area contributed by atoms with Crippen LogP contribution in [0.1, 0.15) is 26.3 Å². The lowest BCUT2D eigenvalue weighted by molar-refractivity contribution is -0.115. The quantitative estimate of drug-likeness (QED) is 0.785. The largest absolute Gasteiger partial charge is 0.478 e. The number of carboxylic acids is 2. The highest BCUT2D eigenvalue weighted by Crippen LogP contribution is 2.16. The van der Waals surface area contributed by atoms with Crippen molar-refractivity contribution in [3.8, 4) is 0 Å². The van der Waals surface area contributed by atoms with Gasteiger partial charge in [0.15, 0.2) is 0 Å². The molecule has 23 heavy (non-hydrogen) atoms. The third-order valence-corrected chi connectivity index (χ3v) is 2.99. The van der Waals surface area contributed by atoms with E-state index >= 15 is 0 Å². The molecule has 0 bridgehead atoms. The number of halogens is 1. The van der Waals surface area contributed by atoms with E-state index in [9.17, 15) is 18.8 Å². The number of nitrogens with one attached hydrogen (secondary N) is 1. The van der Waals surface area contributed by atoms with Gasteiger partial charge >= 0.3 is 11.9 Å². The Morgan fingerprint density at radius 3 is 1.91 bits per heavy atom. The lowest BCUT2D eigenvalue weighted by Gasteiger charge is -2.08. The van der Waals surface area contributed by atoms with Gasteiger partial charge in [0.25, 0.3) is 0 Å². The first kappa shape index (κ1) is 16.2. The van der Waals surface area contributed by atoms with E-state index in [0.717, 1.165) is 18.2 Å². The lowest BCUT2D eigenvalue weighted by Crippen LogP contribution is -2.15. The van der Waals surface area contributed by atoms with Crippen LogP contribution in [0.5, 0.6) is 0 Å². The SMILES string of the molecule is O=C(Cc1ccc(F)cc1)Nc1cc(C(=O)O)cc(C(=O)O)c1. The molecular weight excluding hydrogens is 305 g/mol. The topological polar surface area (TPSA) is 104 Å². The summed E-state index contributed by atoms with van der Waals surface area (Å²) in [6.45, 7) is 0. The maximum Gasteiger partial charge on any atom is 0.335 e. The molecule has 0 aliphatic carbocycles. The number of amides is 1. The van der Waals surface area contributed by atoms with Gasteiger partial charge in [0.2, 0.25) is 5.91 Å². The van der Waals surface area contributed by atoms with Crippen LogP contribution in [0.2, 0.25) is 0 Å². The molecule has 0 atom stereocenters. The minimum Gasteiger partial charge on any atom is -0.478 e. The molecule has 0 spiro atoms. The fraction of sp³-hybridized carbons (Fsp3) is 0.0625. The first-order valence-corrected chi connectivity index (χ1v) is 6.51. The Morgan fingerprint density at radius 1 is 0.913 bits per heavy atom. The molecule has 0 radical (unpaired) electrons. The molecule has 3 N–H and O–H groups in total. The van der Waals surface area contributed by atoms with Crippen molar-refractivity contribution < 1.29 is 29.0 Å². The predicted octanol–water partition coefficient (Wildman–Crippen LogP) is 2.40. The molecule has 0 heterocycles. The van der Waals surface area contributed by atoms with Gasteiger partial charge in [-0.2, -0.15) is 0 Å². The van der Waals surface area contributed by atoms with Crippen LogP contribution >= 0.6 is 0 Å². The van der Waals surface area contributed by atoms with Gasteiger partial charge in [0.1, 0.15) is 5.82 Å². The van der Waals surface area contributed by atoms with Gasteiger partial charge in [-0.3, -0.25) is 4.79 Å². The first-order valence-electron chi connectivity index (χ1n) is 6.51. The second kappa shape index (κ2) is 6.69. The van der Waals surface area contributed by atoms with Crippen molar-refractivity contribution in [3.63, 3.8) is 0 Å². The van der Waals surface area contributed by atoms with E-state index in [0.29, 0.717) is 5.56 Å². The summed E-state index contributed by atoms with van der Waals surface area (Å²) in [6.07, 6.45) is -0.0556. The Bertz CT molecular complexity index is 738. The van der Waals surface area contributed by atoms with Crippen molar-refractivity contribution in [2.24, 2.45) is 0 Å². The van der Waals surface area contributed by atoms with Gasteiger partial charge in [0.05, 0.1) is 17.5 Å². The van der Waals surface area contributed by atoms with Crippen molar-refractivity contribution in [3.05, 3.63) is 65.0 Å². The minimum absolute atomic E-state index is 0.0556. The van der Waals surface area contributed by atoms with Crippen LogP contribution in [-0.2, 0) is 11.2 Å². The van der Waals surface area contributed by atoms with Gasteiger partial charge in [-0.25, -0.2) is 14.0 Å². The predicted molar refractivity (Wildman–Crippen MR) is 79.1 cm³/mol. The molecule has 0 saturated carbocycles. The molecule has 2 rings (SSSR count). The van der Waals surface area contributed by atoms with E-state index in [1.807, 2.05) is 0 Å². The Labute approximate surface area is 130 Å². The van der Waals surface area contributed by atoms with Crippen LogP contribution in [-0.4, -0.2) is 28.1 Å². The van der Waals surface area contributed by atoms with Crippen molar-refractivity contribution in [1.29, 1.82) is 0 Å². The third kappa shape index (κ3) is 4.37. The number of anilines is 1. The number of carbonyl (C=O) groups is 3. The zero-order valence-electron chi connectivity index (χ0n) is 11.7. The normalized spacial score (nSPS) is 10.1. The summed E-state index contributed by atoms with van der Waals surface area (Å²) in [5.41, 5.74) is 0.134. The summed E-state index contributed by atoms with van der Waals surface area (Å²) in [5, 5.41) is 20.4. The second-order valence-electron chi connectivity index (χ2n) is 4.76. The summed E-state index contributed by atoms with van der Waals surface area (Å²) in [5.74, 6) is -3.51. The maximum atomic E-state index is 12.8. The summed E-state index contributed by atoms with van der Waals surface area (Å²) in [4.78, 5) is 33.9. The highest BCUT2D eigenvalue weighted by atomic mass is 19.1. The standard InChI is InChI=1S/C16H12FNO5/c17-12-3-1-9(2-4-12)5-14(19)18-13-7-10(15(20)21)6-11(8-13)16(22)23/h1-4,6-8H,5H2,(H,18,19)(H,20,21)(H,22,23). The van der Waals surface area contributed by atoms with Crippen LogP contribution < -0.4 is 5.32 Å². The number of rotatable bonds is 5. The molecule has 1 amide bonds. The molecule has 118 valence electrons. The van der Waals surface area contributed by atoms with Gasteiger partial charge < -0.3 is 15.5 Å². The molecule has 0 unspecified atom stereocenters. The van der Waals surface area contributed by atoms with Crippen molar-refractivity contribution in [2.75, 3.05) is 5.32 Å². The Kier molecular flexibility index (Phi) is 4.70. The van der Waals surface area contributed by atoms with Crippen LogP contribution in [0.25, 0.3) is 0 Å². The van der Waals surface area contributed by atoms with Crippen LogP contribution in [0.15, 0.2) is 42.5 Å². The van der Waals surface area contributed by atoms with Crippen molar-refractivity contribution >= 4 is 23.5 Å². The average molecular weight is 317 g/mol. The first-order chi connectivity index (χ1) is 10.8. The number of benzene rings is 2. The molecule has 0 saturated heterocycles. The molecule has 7 heteroatoms. The van der Waals surface area contributed by atoms with E-state index in [1.165, 1.54) is 24.3 Å². The Morgan fingerprint density at radius 2 is 1.43 bits per heavy atom. The zero-order chi connectivity index (χ0) is 17.0. The molecule has 6 nitrogen and oxygen atoms in total. The van der Waals surface area contributed by atoms with E-state index in [4.69, 9.17) is 10.2 Å². The van der Waals surface area contributed by atoms with Gasteiger partial charge in [0, 0.05) is 5.69 Å². The molecule has 0 aromatic heterocycles. The van der Waals surface area contributed by atoms with Crippen LogP contribution in [0.4, 0.5) is 10.1 Å². The smallest absolute Gasteiger partial charge is 0.335 e.